The first-order valence-electron chi connectivity index (χ1n) is 4.87. The molecule has 1 unspecified atom stereocenters. The number of ketones is 1. The molecule has 15 heavy (non-hydrogen) atoms. The first-order valence-corrected chi connectivity index (χ1v) is 4.87. The molecule has 0 bridgehead atoms. The average molecular weight is 212 g/mol. The van der Waals surface area contributed by atoms with E-state index in [9.17, 15) is 13.6 Å². The highest BCUT2D eigenvalue weighted by molar-refractivity contribution is 5.76. The minimum absolute atomic E-state index is 0.0187. The molecule has 0 aliphatic rings. The van der Waals surface area contributed by atoms with Crippen LogP contribution in [-0.2, 0) is 4.79 Å². The Morgan fingerprint density at radius 3 is 2.53 bits per heavy atom. The van der Waals surface area contributed by atoms with Crippen LogP contribution in [-0.4, -0.2) is 5.78 Å². The standard InChI is InChI=1S/C12H14F2O/c1-7-4-5-10(13)11(12(7)14)8(2)6-9(3)15/h4-5,8H,6H2,1-3H3. The Kier molecular flexibility index (Phi) is 3.56. The van der Waals surface area contributed by atoms with Crippen molar-refractivity contribution >= 4 is 5.78 Å². The van der Waals surface area contributed by atoms with Gasteiger partial charge in [0.15, 0.2) is 0 Å². The summed E-state index contributed by atoms with van der Waals surface area (Å²) < 4.78 is 27.0. The van der Waals surface area contributed by atoms with Crippen LogP contribution in [0.3, 0.4) is 0 Å². The lowest BCUT2D eigenvalue weighted by molar-refractivity contribution is -0.117. The number of carbonyl (C=O) groups is 1. The van der Waals surface area contributed by atoms with Gasteiger partial charge in [-0.05, 0) is 31.4 Å². The van der Waals surface area contributed by atoms with Crippen LogP contribution >= 0.6 is 0 Å². The summed E-state index contributed by atoms with van der Waals surface area (Å²) in [7, 11) is 0. The van der Waals surface area contributed by atoms with Crippen molar-refractivity contribution in [2.45, 2.75) is 33.1 Å². The molecule has 1 aromatic rings. The van der Waals surface area contributed by atoms with Crippen molar-refractivity contribution in [2.24, 2.45) is 0 Å². The number of hydrogen-bond donors (Lipinski definition) is 0. The van der Waals surface area contributed by atoms with Gasteiger partial charge in [-0.3, -0.25) is 0 Å². The number of carbonyl (C=O) groups excluding carboxylic acids is 1. The van der Waals surface area contributed by atoms with Crippen molar-refractivity contribution in [1.29, 1.82) is 0 Å². The summed E-state index contributed by atoms with van der Waals surface area (Å²) in [5.74, 6) is -1.60. The van der Waals surface area contributed by atoms with Gasteiger partial charge in [0.1, 0.15) is 17.4 Å². The molecule has 0 spiro atoms. The third kappa shape index (κ3) is 2.61. The van der Waals surface area contributed by atoms with Crippen LogP contribution in [0, 0.1) is 18.6 Å². The SMILES string of the molecule is CC(=O)CC(C)c1c(F)ccc(C)c1F. The number of aryl methyl sites for hydroxylation is 1. The molecule has 1 nitrogen and oxygen atoms in total. The fourth-order valence-electron chi connectivity index (χ4n) is 1.66. The van der Waals surface area contributed by atoms with E-state index in [-0.39, 0.29) is 17.8 Å². The second-order valence-electron chi connectivity index (χ2n) is 3.90. The summed E-state index contributed by atoms with van der Waals surface area (Å²) in [6.07, 6.45) is 0.164. The lowest BCUT2D eigenvalue weighted by Gasteiger charge is -2.13. The molecular formula is C12H14F2O. The molecule has 1 atom stereocenters. The van der Waals surface area contributed by atoms with E-state index in [1.165, 1.54) is 19.1 Å². The maximum Gasteiger partial charge on any atom is 0.132 e. The molecule has 0 N–H and O–H groups in total. The molecule has 3 heteroatoms. The molecule has 0 aliphatic heterocycles. The average Bonchev–Trinajstić information content (AvgIpc) is 2.11. The predicted molar refractivity (Wildman–Crippen MR) is 54.8 cm³/mol. The van der Waals surface area contributed by atoms with Gasteiger partial charge in [0, 0.05) is 12.0 Å². The molecule has 0 fully saturated rings. The van der Waals surface area contributed by atoms with E-state index in [2.05, 4.69) is 0 Å². The third-order valence-electron chi connectivity index (χ3n) is 2.41. The first kappa shape index (κ1) is 11.8. The largest absolute Gasteiger partial charge is 0.300 e. The van der Waals surface area contributed by atoms with Crippen LogP contribution in [0.4, 0.5) is 8.78 Å². The molecule has 0 radical (unpaired) electrons. The van der Waals surface area contributed by atoms with E-state index in [1.54, 1.807) is 13.8 Å². The predicted octanol–water partition coefficient (Wildman–Crippen LogP) is 3.36. The molecule has 0 aromatic heterocycles. The minimum atomic E-state index is -0.577. The van der Waals surface area contributed by atoms with E-state index < -0.39 is 17.6 Å². The normalized spacial score (nSPS) is 12.6. The first-order chi connectivity index (χ1) is 6.93. The lowest BCUT2D eigenvalue weighted by Crippen LogP contribution is -2.06. The molecular weight excluding hydrogens is 198 g/mol. The highest BCUT2D eigenvalue weighted by atomic mass is 19.1. The van der Waals surface area contributed by atoms with Crippen molar-refractivity contribution in [3.8, 4) is 0 Å². The van der Waals surface area contributed by atoms with Gasteiger partial charge < -0.3 is 4.79 Å². The maximum atomic E-state index is 13.6. The number of benzene rings is 1. The van der Waals surface area contributed by atoms with Crippen LogP contribution in [0.15, 0.2) is 12.1 Å². The van der Waals surface area contributed by atoms with Crippen molar-refractivity contribution in [1.82, 2.24) is 0 Å². The summed E-state index contributed by atoms with van der Waals surface area (Å²) in [5, 5.41) is 0. The smallest absolute Gasteiger partial charge is 0.132 e. The van der Waals surface area contributed by atoms with Gasteiger partial charge in [0.2, 0.25) is 0 Å². The molecule has 82 valence electrons. The van der Waals surface area contributed by atoms with Crippen LogP contribution < -0.4 is 0 Å². The summed E-state index contributed by atoms with van der Waals surface area (Å²) in [4.78, 5) is 10.9. The highest BCUT2D eigenvalue weighted by Gasteiger charge is 2.18. The summed E-state index contributed by atoms with van der Waals surface area (Å²) in [5.41, 5.74) is 0.423. The lowest BCUT2D eigenvalue weighted by atomic mass is 9.93. The van der Waals surface area contributed by atoms with Gasteiger partial charge in [-0.1, -0.05) is 13.0 Å². The van der Waals surface area contributed by atoms with Crippen LogP contribution in [0.5, 0.6) is 0 Å². The fourth-order valence-corrected chi connectivity index (χ4v) is 1.66. The topological polar surface area (TPSA) is 17.1 Å². The fraction of sp³-hybridized carbons (Fsp3) is 0.417. The highest BCUT2D eigenvalue weighted by Crippen LogP contribution is 2.26. The molecule has 1 aromatic carbocycles. The Bertz CT molecular complexity index is 385. The quantitative estimate of drug-likeness (QED) is 0.750. The number of Topliss-reactive ketones (excluding diaryl/α,β-unsaturated/α-hetero) is 1. The zero-order valence-electron chi connectivity index (χ0n) is 9.10. The van der Waals surface area contributed by atoms with Gasteiger partial charge in [-0.25, -0.2) is 8.78 Å². The minimum Gasteiger partial charge on any atom is -0.300 e. The Labute approximate surface area is 88.1 Å². The summed E-state index contributed by atoms with van der Waals surface area (Å²) in [6, 6.07) is 2.64. The van der Waals surface area contributed by atoms with E-state index in [4.69, 9.17) is 0 Å². The Balaban J connectivity index is 3.12. The zero-order chi connectivity index (χ0) is 11.6. The van der Waals surface area contributed by atoms with Crippen LogP contribution in [0.2, 0.25) is 0 Å². The van der Waals surface area contributed by atoms with Crippen molar-refractivity contribution in [2.75, 3.05) is 0 Å². The Morgan fingerprint density at radius 2 is 2.00 bits per heavy atom. The monoisotopic (exact) mass is 212 g/mol. The van der Waals surface area contributed by atoms with Gasteiger partial charge >= 0.3 is 0 Å². The van der Waals surface area contributed by atoms with E-state index in [0.717, 1.165) is 0 Å². The molecule has 0 heterocycles. The number of halogens is 2. The Hall–Kier alpha value is -1.25. The molecule has 0 aliphatic carbocycles. The van der Waals surface area contributed by atoms with Gasteiger partial charge in [-0.15, -0.1) is 0 Å². The summed E-state index contributed by atoms with van der Waals surface area (Å²) >= 11 is 0. The Morgan fingerprint density at radius 1 is 1.40 bits per heavy atom. The third-order valence-corrected chi connectivity index (χ3v) is 2.41. The van der Waals surface area contributed by atoms with Crippen LogP contribution in [0.1, 0.15) is 37.3 Å². The van der Waals surface area contributed by atoms with Gasteiger partial charge in [0.05, 0.1) is 0 Å². The maximum absolute atomic E-state index is 13.6. The second-order valence-corrected chi connectivity index (χ2v) is 3.90. The van der Waals surface area contributed by atoms with Gasteiger partial charge in [0.25, 0.3) is 0 Å². The van der Waals surface area contributed by atoms with Gasteiger partial charge in [-0.2, -0.15) is 0 Å². The number of hydrogen-bond acceptors (Lipinski definition) is 1. The molecule has 0 saturated heterocycles. The van der Waals surface area contributed by atoms with E-state index in [0.29, 0.717) is 5.56 Å². The molecule has 1 rings (SSSR count). The van der Waals surface area contributed by atoms with Crippen LogP contribution in [0.25, 0.3) is 0 Å². The molecule has 0 amide bonds. The van der Waals surface area contributed by atoms with Crippen molar-refractivity contribution in [3.63, 3.8) is 0 Å². The second kappa shape index (κ2) is 4.51. The van der Waals surface area contributed by atoms with Crippen molar-refractivity contribution in [3.05, 3.63) is 34.9 Å². The number of rotatable bonds is 3. The van der Waals surface area contributed by atoms with E-state index in [1.807, 2.05) is 0 Å². The van der Waals surface area contributed by atoms with E-state index >= 15 is 0 Å². The van der Waals surface area contributed by atoms with Crippen molar-refractivity contribution < 1.29 is 13.6 Å². The molecule has 0 saturated carbocycles. The zero-order valence-corrected chi connectivity index (χ0v) is 9.10. The summed E-state index contributed by atoms with van der Waals surface area (Å²) in [6.45, 7) is 4.66.